The van der Waals surface area contributed by atoms with Gasteiger partial charge in [-0.05, 0) is 106 Å². The summed E-state index contributed by atoms with van der Waals surface area (Å²) in [5.41, 5.74) is 5.49. The summed E-state index contributed by atoms with van der Waals surface area (Å²) in [5.74, 6) is 0.0559. The SMILES string of the molecule is CC(C)(C)OC(=O)N1CC[C@H](c2cccc(-c3ccccc3)c2)[C@@H](C(=O)N(CC2CN(CCCCOC3CCCCO3)c3ccccc32)C2CC2)C1. The molecule has 7 rings (SSSR count). The molecule has 0 radical (unpaired) electrons. The van der Waals surface area contributed by atoms with Crippen molar-refractivity contribution in [2.24, 2.45) is 5.92 Å². The van der Waals surface area contributed by atoms with Crippen molar-refractivity contribution in [2.75, 3.05) is 50.8 Å². The molecule has 0 N–H and O–H groups in total. The number of amides is 2. The first-order valence-corrected chi connectivity index (χ1v) is 19.7. The van der Waals surface area contributed by atoms with Crippen LogP contribution in [-0.4, -0.2) is 85.7 Å². The van der Waals surface area contributed by atoms with E-state index in [9.17, 15) is 4.79 Å². The molecule has 1 saturated carbocycles. The summed E-state index contributed by atoms with van der Waals surface area (Å²) in [5, 5.41) is 0. The Morgan fingerprint density at radius 3 is 2.42 bits per heavy atom. The highest BCUT2D eigenvalue weighted by molar-refractivity contribution is 5.82. The van der Waals surface area contributed by atoms with Gasteiger partial charge in [-0.25, -0.2) is 4.79 Å². The molecule has 3 aromatic rings. The Bertz CT molecular complexity index is 1650. The Morgan fingerprint density at radius 1 is 0.865 bits per heavy atom. The molecule has 2 saturated heterocycles. The number of carbonyl (C=O) groups is 2. The predicted octanol–water partition coefficient (Wildman–Crippen LogP) is 8.61. The fourth-order valence-electron chi connectivity index (χ4n) is 8.34. The first kappa shape index (κ1) is 36.5. The summed E-state index contributed by atoms with van der Waals surface area (Å²) >= 11 is 0. The molecule has 8 nitrogen and oxygen atoms in total. The molecule has 3 aromatic carbocycles. The number of piperidine rings is 1. The minimum Gasteiger partial charge on any atom is -0.444 e. The van der Waals surface area contributed by atoms with Crippen LogP contribution in [0, 0.1) is 5.92 Å². The summed E-state index contributed by atoms with van der Waals surface area (Å²) < 4.78 is 17.6. The molecule has 3 heterocycles. The molecule has 3 fully saturated rings. The molecular weight excluding hydrogens is 651 g/mol. The average Bonchev–Trinajstić information content (AvgIpc) is 3.95. The van der Waals surface area contributed by atoms with E-state index in [1.165, 1.54) is 17.7 Å². The molecule has 278 valence electrons. The van der Waals surface area contributed by atoms with Gasteiger partial charge < -0.3 is 28.9 Å². The van der Waals surface area contributed by atoms with E-state index in [2.05, 4.69) is 82.6 Å². The van der Waals surface area contributed by atoms with Gasteiger partial charge in [0.05, 0.1) is 5.92 Å². The fraction of sp³-hybridized carbons (Fsp3) is 0.545. The minimum absolute atomic E-state index is 0.00434. The van der Waals surface area contributed by atoms with Crippen LogP contribution >= 0.6 is 0 Å². The van der Waals surface area contributed by atoms with Gasteiger partial charge in [0.2, 0.25) is 5.91 Å². The second kappa shape index (κ2) is 16.4. The van der Waals surface area contributed by atoms with E-state index in [0.717, 1.165) is 81.5 Å². The normalized spacial score (nSPS) is 23.3. The number of fused-ring (bicyclic) bond motifs is 1. The number of anilines is 1. The Kier molecular flexibility index (Phi) is 11.5. The van der Waals surface area contributed by atoms with Crippen molar-refractivity contribution in [3.8, 4) is 11.1 Å². The largest absolute Gasteiger partial charge is 0.444 e. The summed E-state index contributed by atoms with van der Waals surface area (Å²) in [6.45, 7) is 10.7. The summed E-state index contributed by atoms with van der Waals surface area (Å²) in [7, 11) is 0. The van der Waals surface area contributed by atoms with Crippen molar-refractivity contribution in [3.63, 3.8) is 0 Å². The van der Waals surface area contributed by atoms with Gasteiger partial charge in [-0.3, -0.25) is 4.79 Å². The molecule has 4 aliphatic rings. The van der Waals surface area contributed by atoms with Crippen LogP contribution in [0.15, 0.2) is 78.9 Å². The quantitative estimate of drug-likeness (QED) is 0.176. The minimum atomic E-state index is -0.601. The molecule has 0 spiro atoms. The van der Waals surface area contributed by atoms with E-state index in [0.29, 0.717) is 26.1 Å². The van der Waals surface area contributed by atoms with Crippen LogP contribution in [-0.2, 0) is 19.0 Å². The lowest BCUT2D eigenvalue weighted by atomic mass is 9.78. The van der Waals surface area contributed by atoms with E-state index in [1.54, 1.807) is 4.90 Å². The van der Waals surface area contributed by atoms with Crippen LogP contribution in [0.3, 0.4) is 0 Å². The van der Waals surface area contributed by atoms with Crippen LogP contribution in [0.2, 0.25) is 0 Å². The van der Waals surface area contributed by atoms with Crippen molar-refractivity contribution in [2.45, 2.75) is 102 Å². The van der Waals surface area contributed by atoms with Crippen molar-refractivity contribution >= 4 is 17.7 Å². The third-order valence-corrected chi connectivity index (χ3v) is 11.1. The number of likely N-dealkylation sites (tertiary alicyclic amines) is 1. The molecule has 2 unspecified atom stereocenters. The van der Waals surface area contributed by atoms with Gasteiger partial charge in [-0.1, -0.05) is 72.8 Å². The second-order valence-electron chi connectivity index (χ2n) is 16.2. The van der Waals surface area contributed by atoms with Gasteiger partial charge in [0.25, 0.3) is 0 Å². The number of benzene rings is 3. The van der Waals surface area contributed by atoms with E-state index >= 15 is 4.79 Å². The van der Waals surface area contributed by atoms with Gasteiger partial charge in [-0.2, -0.15) is 0 Å². The summed E-state index contributed by atoms with van der Waals surface area (Å²) in [4.78, 5) is 34.9. The van der Waals surface area contributed by atoms with Crippen molar-refractivity contribution in [3.05, 3.63) is 90.0 Å². The molecule has 52 heavy (non-hydrogen) atoms. The van der Waals surface area contributed by atoms with E-state index < -0.39 is 5.60 Å². The third-order valence-electron chi connectivity index (χ3n) is 11.1. The highest BCUT2D eigenvalue weighted by Crippen LogP contribution is 2.42. The molecule has 0 bridgehead atoms. The maximum atomic E-state index is 15.0. The van der Waals surface area contributed by atoms with Gasteiger partial charge in [0.1, 0.15) is 5.60 Å². The molecule has 0 aromatic heterocycles. The van der Waals surface area contributed by atoms with E-state index in [4.69, 9.17) is 14.2 Å². The number of hydrogen-bond acceptors (Lipinski definition) is 6. The molecule has 2 amide bonds. The lowest BCUT2D eigenvalue weighted by molar-refractivity contribution is -0.162. The number of carbonyl (C=O) groups excluding carboxylic acids is 2. The smallest absolute Gasteiger partial charge is 0.410 e. The van der Waals surface area contributed by atoms with Gasteiger partial charge in [0, 0.05) is 63.6 Å². The van der Waals surface area contributed by atoms with E-state index in [-0.39, 0.29) is 42.1 Å². The van der Waals surface area contributed by atoms with Crippen LogP contribution in [0.4, 0.5) is 10.5 Å². The van der Waals surface area contributed by atoms with Crippen LogP contribution < -0.4 is 4.90 Å². The van der Waals surface area contributed by atoms with Gasteiger partial charge >= 0.3 is 6.09 Å². The number of nitrogens with zero attached hydrogens (tertiary/aromatic N) is 3. The summed E-state index contributed by atoms with van der Waals surface area (Å²) in [6, 6.07) is 28.1. The topological polar surface area (TPSA) is 71.6 Å². The molecule has 1 aliphatic carbocycles. The maximum absolute atomic E-state index is 15.0. The Labute approximate surface area is 310 Å². The third kappa shape index (κ3) is 9.00. The van der Waals surface area contributed by atoms with Gasteiger partial charge in [0.15, 0.2) is 6.29 Å². The van der Waals surface area contributed by atoms with Crippen molar-refractivity contribution in [1.82, 2.24) is 9.80 Å². The highest BCUT2D eigenvalue weighted by atomic mass is 16.7. The zero-order chi connectivity index (χ0) is 36.1. The maximum Gasteiger partial charge on any atom is 0.410 e. The van der Waals surface area contributed by atoms with Gasteiger partial charge in [-0.15, -0.1) is 0 Å². The number of para-hydroxylation sites is 1. The summed E-state index contributed by atoms with van der Waals surface area (Å²) in [6.07, 6.45) is 7.76. The predicted molar refractivity (Wildman–Crippen MR) is 205 cm³/mol. The lowest BCUT2D eigenvalue weighted by Crippen LogP contribution is -2.51. The zero-order valence-corrected chi connectivity index (χ0v) is 31.4. The molecular formula is C44H57N3O5. The number of unbranched alkanes of at least 4 members (excludes halogenated alkanes) is 1. The van der Waals surface area contributed by atoms with Crippen LogP contribution in [0.1, 0.15) is 95.1 Å². The Balaban J connectivity index is 1.07. The fourth-order valence-corrected chi connectivity index (χ4v) is 8.34. The number of hydrogen-bond donors (Lipinski definition) is 0. The Hall–Kier alpha value is -3.88. The zero-order valence-electron chi connectivity index (χ0n) is 31.4. The van der Waals surface area contributed by atoms with Crippen LogP contribution in [0.5, 0.6) is 0 Å². The molecule has 4 atom stereocenters. The number of ether oxygens (including phenoxy) is 3. The monoisotopic (exact) mass is 707 g/mol. The molecule has 3 aliphatic heterocycles. The lowest BCUT2D eigenvalue weighted by Gasteiger charge is -2.41. The molecule has 8 heteroatoms. The van der Waals surface area contributed by atoms with Crippen molar-refractivity contribution < 1.29 is 23.8 Å². The van der Waals surface area contributed by atoms with E-state index in [1.807, 2.05) is 26.8 Å². The Morgan fingerprint density at radius 2 is 1.65 bits per heavy atom. The average molecular weight is 708 g/mol. The van der Waals surface area contributed by atoms with Crippen LogP contribution in [0.25, 0.3) is 11.1 Å². The number of rotatable bonds is 12. The standard InChI is InChI=1S/C44H57N3O5/c1-44(2,3)52-43(49)46-25-23-37(34-17-13-16-33(28-34)32-14-5-4-6-15-32)39(31-46)42(48)47(36-21-22-36)30-35-29-45(40-19-8-7-18-38(35)40)24-10-12-27-51-41-20-9-11-26-50-41/h4-8,13-19,28,35-37,39,41H,9-12,20-27,29-31H2,1-3H3/t35?,37-,39+,41?/m1/s1. The second-order valence-corrected chi connectivity index (χ2v) is 16.2. The van der Waals surface area contributed by atoms with Crippen molar-refractivity contribution in [1.29, 1.82) is 0 Å². The first-order chi connectivity index (χ1) is 25.2. The highest BCUT2D eigenvalue weighted by Gasteiger charge is 2.45. The first-order valence-electron chi connectivity index (χ1n) is 19.7.